The third-order valence-corrected chi connectivity index (χ3v) is 6.75. The molecule has 1 N–H and O–H groups in total. The Morgan fingerprint density at radius 2 is 1.87 bits per heavy atom. The number of fused-ring (bicyclic) bond motifs is 1. The Bertz CT molecular complexity index is 1100. The van der Waals surface area contributed by atoms with Gasteiger partial charge in [-0.25, -0.2) is 4.98 Å². The summed E-state index contributed by atoms with van der Waals surface area (Å²) < 4.78 is 1.63. The highest BCUT2D eigenvalue weighted by Gasteiger charge is 2.23. The standard InChI is InChI=1S/C24H27N3O2S/c1-3-17-12-14-19(15-13-17)27-23(29)20-10-6-7-11-21(20)26-24(27)30-16(2)22(28)25-18-8-4-5-9-18/h6-7,10-16,18H,3-5,8-9H2,1-2H3,(H,25,28)/t16-/m0/s1. The molecule has 1 aliphatic carbocycles. The first-order valence-corrected chi connectivity index (χ1v) is 11.5. The van der Waals surface area contributed by atoms with Gasteiger partial charge in [0.05, 0.1) is 21.8 Å². The molecule has 4 rings (SSSR count). The van der Waals surface area contributed by atoms with E-state index in [4.69, 9.17) is 4.98 Å². The Morgan fingerprint density at radius 3 is 2.57 bits per heavy atom. The Kier molecular flexibility index (Phi) is 6.23. The fourth-order valence-electron chi connectivity index (χ4n) is 3.90. The van der Waals surface area contributed by atoms with Gasteiger partial charge in [-0.3, -0.25) is 14.2 Å². The first kappa shape index (κ1) is 20.7. The summed E-state index contributed by atoms with van der Waals surface area (Å²) >= 11 is 1.34. The van der Waals surface area contributed by atoms with Crippen LogP contribution in [0.15, 0.2) is 58.5 Å². The van der Waals surface area contributed by atoms with Crippen molar-refractivity contribution < 1.29 is 4.79 Å². The molecule has 0 radical (unpaired) electrons. The van der Waals surface area contributed by atoms with Gasteiger partial charge in [-0.1, -0.05) is 55.8 Å². The summed E-state index contributed by atoms with van der Waals surface area (Å²) in [6.07, 6.45) is 5.38. The van der Waals surface area contributed by atoms with Crippen LogP contribution in [-0.4, -0.2) is 26.8 Å². The summed E-state index contributed by atoms with van der Waals surface area (Å²) in [6.45, 7) is 3.98. The number of carbonyl (C=O) groups excluding carboxylic acids is 1. The smallest absolute Gasteiger partial charge is 0.266 e. The number of hydrogen-bond donors (Lipinski definition) is 1. The van der Waals surface area contributed by atoms with Gasteiger partial charge in [0.2, 0.25) is 5.91 Å². The highest BCUT2D eigenvalue weighted by atomic mass is 32.2. The minimum Gasteiger partial charge on any atom is -0.352 e. The normalized spacial score (nSPS) is 15.4. The monoisotopic (exact) mass is 421 g/mol. The molecule has 1 heterocycles. The maximum absolute atomic E-state index is 13.3. The van der Waals surface area contributed by atoms with Gasteiger partial charge in [0.15, 0.2) is 5.16 Å². The molecule has 3 aromatic rings. The molecule has 0 aliphatic heterocycles. The maximum Gasteiger partial charge on any atom is 0.266 e. The number of nitrogens with one attached hydrogen (secondary N) is 1. The molecular formula is C24H27N3O2S. The molecular weight excluding hydrogens is 394 g/mol. The van der Waals surface area contributed by atoms with Crippen LogP contribution in [0.5, 0.6) is 0 Å². The summed E-state index contributed by atoms with van der Waals surface area (Å²) in [5.74, 6) is 0.00203. The van der Waals surface area contributed by atoms with Crippen LogP contribution in [0.1, 0.15) is 45.1 Å². The zero-order valence-corrected chi connectivity index (χ0v) is 18.2. The van der Waals surface area contributed by atoms with E-state index < -0.39 is 0 Å². The van der Waals surface area contributed by atoms with Gasteiger partial charge in [-0.05, 0) is 56.0 Å². The Morgan fingerprint density at radius 1 is 1.17 bits per heavy atom. The Balaban J connectivity index is 1.71. The average molecular weight is 422 g/mol. The number of aryl methyl sites for hydroxylation is 1. The fourth-order valence-corrected chi connectivity index (χ4v) is 4.84. The van der Waals surface area contributed by atoms with Crippen LogP contribution in [0.25, 0.3) is 16.6 Å². The maximum atomic E-state index is 13.3. The van der Waals surface area contributed by atoms with E-state index in [1.54, 1.807) is 10.6 Å². The summed E-state index contributed by atoms with van der Waals surface area (Å²) in [7, 11) is 0. The molecule has 5 nitrogen and oxygen atoms in total. The van der Waals surface area contributed by atoms with Crippen LogP contribution in [0.4, 0.5) is 0 Å². The highest BCUT2D eigenvalue weighted by Crippen LogP contribution is 2.26. The molecule has 30 heavy (non-hydrogen) atoms. The Hall–Kier alpha value is -2.60. The van der Waals surface area contributed by atoms with E-state index in [0.29, 0.717) is 16.1 Å². The topological polar surface area (TPSA) is 64.0 Å². The van der Waals surface area contributed by atoms with Gasteiger partial charge in [0.1, 0.15) is 0 Å². The molecule has 0 bridgehead atoms. The van der Waals surface area contributed by atoms with Gasteiger partial charge in [-0.2, -0.15) is 0 Å². The first-order chi connectivity index (χ1) is 14.6. The minimum atomic E-state index is -0.347. The van der Waals surface area contributed by atoms with Gasteiger partial charge in [-0.15, -0.1) is 0 Å². The second-order valence-electron chi connectivity index (χ2n) is 7.82. The summed E-state index contributed by atoms with van der Waals surface area (Å²) in [6, 6.07) is 15.6. The van der Waals surface area contributed by atoms with Crippen molar-refractivity contribution >= 4 is 28.6 Å². The fraction of sp³-hybridized carbons (Fsp3) is 0.375. The summed E-state index contributed by atoms with van der Waals surface area (Å²) in [5.41, 5.74) is 2.51. The molecule has 0 unspecified atom stereocenters. The van der Waals surface area contributed by atoms with Crippen LogP contribution >= 0.6 is 11.8 Å². The minimum absolute atomic E-state index is 0.00203. The van der Waals surface area contributed by atoms with Gasteiger partial charge >= 0.3 is 0 Å². The lowest BCUT2D eigenvalue weighted by Gasteiger charge is -2.18. The van der Waals surface area contributed by atoms with Gasteiger partial charge in [0, 0.05) is 6.04 Å². The van der Waals surface area contributed by atoms with Crippen LogP contribution < -0.4 is 10.9 Å². The second kappa shape index (κ2) is 9.04. The van der Waals surface area contributed by atoms with Crippen molar-refractivity contribution in [2.75, 3.05) is 0 Å². The lowest BCUT2D eigenvalue weighted by Crippen LogP contribution is -2.38. The third kappa shape index (κ3) is 4.29. The summed E-state index contributed by atoms with van der Waals surface area (Å²) in [5, 5.41) is 3.92. The number of aromatic nitrogens is 2. The molecule has 0 spiro atoms. The summed E-state index contributed by atoms with van der Waals surface area (Å²) in [4.78, 5) is 30.8. The van der Waals surface area contributed by atoms with E-state index in [1.807, 2.05) is 49.4 Å². The van der Waals surface area contributed by atoms with Crippen molar-refractivity contribution in [2.24, 2.45) is 0 Å². The molecule has 1 amide bonds. The van der Waals surface area contributed by atoms with Crippen molar-refractivity contribution in [3.8, 4) is 5.69 Å². The van der Waals surface area contributed by atoms with E-state index in [1.165, 1.54) is 30.2 Å². The van der Waals surface area contributed by atoms with Crippen molar-refractivity contribution in [2.45, 2.75) is 62.4 Å². The number of para-hydroxylation sites is 1. The van der Waals surface area contributed by atoms with Crippen molar-refractivity contribution in [3.63, 3.8) is 0 Å². The quantitative estimate of drug-likeness (QED) is 0.471. The average Bonchev–Trinajstić information content (AvgIpc) is 3.27. The largest absolute Gasteiger partial charge is 0.352 e. The molecule has 1 atom stereocenters. The zero-order valence-electron chi connectivity index (χ0n) is 17.4. The SMILES string of the molecule is CCc1ccc(-n2c(S[C@@H](C)C(=O)NC3CCCC3)nc3ccccc3c2=O)cc1. The number of nitrogens with zero attached hydrogens (tertiary/aromatic N) is 2. The predicted octanol–water partition coefficient (Wildman–Crippen LogP) is 4.49. The second-order valence-corrected chi connectivity index (χ2v) is 9.13. The first-order valence-electron chi connectivity index (χ1n) is 10.6. The van der Waals surface area contributed by atoms with Crippen LogP contribution in [0.3, 0.4) is 0 Å². The highest BCUT2D eigenvalue weighted by molar-refractivity contribution is 8.00. The third-order valence-electron chi connectivity index (χ3n) is 5.70. The Labute approximate surface area is 180 Å². The van der Waals surface area contributed by atoms with E-state index in [9.17, 15) is 9.59 Å². The van der Waals surface area contributed by atoms with Crippen LogP contribution in [-0.2, 0) is 11.2 Å². The van der Waals surface area contributed by atoms with Crippen molar-refractivity contribution in [1.82, 2.24) is 14.9 Å². The lowest BCUT2D eigenvalue weighted by molar-refractivity contribution is -0.120. The van der Waals surface area contributed by atoms with Gasteiger partial charge in [0.25, 0.3) is 5.56 Å². The number of rotatable bonds is 6. The lowest BCUT2D eigenvalue weighted by atomic mass is 10.1. The molecule has 2 aromatic carbocycles. The van der Waals surface area contributed by atoms with E-state index in [-0.39, 0.29) is 22.8 Å². The van der Waals surface area contributed by atoms with Gasteiger partial charge < -0.3 is 5.32 Å². The van der Waals surface area contributed by atoms with Crippen molar-refractivity contribution in [1.29, 1.82) is 0 Å². The number of thioether (sulfide) groups is 1. The number of carbonyl (C=O) groups is 1. The molecule has 1 fully saturated rings. The van der Waals surface area contributed by atoms with Crippen molar-refractivity contribution in [3.05, 3.63) is 64.4 Å². The molecule has 6 heteroatoms. The predicted molar refractivity (Wildman–Crippen MR) is 122 cm³/mol. The van der Waals surface area contributed by atoms with Crippen LogP contribution in [0.2, 0.25) is 0 Å². The molecule has 1 aliphatic rings. The number of amides is 1. The van der Waals surface area contributed by atoms with Crippen LogP contribution in [0, 0.1) is 0 Å². The molecule has 156 valence electrons. The van der Waals surface area contributed by atoms with E-state index >= 15 is 0 Å². The van der Waals surface area contributed by atoms with E-state index in [0.717, 1.165) is 24.9 Å². The zero-order chi connectivity index (χ0) is 21.1. The number of hydrogen-bond acceptors (Lipinski definition) is 4. The molecule has 0 saturated heterocycles. The molecule has 1 saturated carbocycles. The number of benzene rings is 2. The molecule has 1 aromatic heterocycles. The van der Waals surface area contributed by atoms with E-state index in [2.05, 4.69) is 12.2 Å².